The third-order valence-corrected chi connectivity index (χ3v) is 6.01. The van der Waals surface area contributed by atoms with Crippen molar-refractivity contribution in [2.24, 2.45) is 5.92 Å². The molecule has 2 aromatic carbocycles. The van der Waals surface area contributed by atoms with E-state index in [1.54, 1.807) is 0 Å². The molecule has 26 heavy (non-hydrogen) atoms. The third-order valence-electron chi connectivity index (χ3n) is 6.01. The molecule has 0 saturated carbocycles. The van der Waals surface area contributed by atoms with Crippen molar-refractivity contribution < 1.29 is 4.79 Å². The molecule has 0 N–H and O–H groups in total. The lowest BCUT2D eigenvalue weighted by Crippen LogP contribution is -2.44. The number of carbonyl (C=O) groups excluding carboxylic acids is 1. The number of nitrogens with zero attached hydrogens (tertiary/aromatic N) is 2. The van der Waals surface area contributed by atoms with Gasteiger partial charge in [0.25, 0.3) is 5.91 Å². The van der Waals surface area contributed by atoms with E-state index in [9.17, 15) is 4.79 Å². The van der Waals surface area contributed by atoms with Crippen molar-refractivity contribution in [1.82, 2.24) is 9.80 Å². The van der Waals surface area contributed by atoms with Crippen LogP contribution in [0, 0.1) is 5.92 Å². The van der Waals surface area contributed by atoms with Gasteiger partial charge in [0.05, 0.1) is 0 Å². The van der Waals surface area contributed by atoms with Gasteiger partial charge in [-0.1, -0.05) is 49.4 Å². The average Bonchev–Trinajstić information content (AvgIpc) is 3.00. The maximum atomic E-state index is 12.9. The molecule has 3 saturated heterocycles. The van der Waals surface area contributed by atoms with Crippen molar-refractivity contribution in [2.75, 3.05) is 19.6 Å². The molecule has 2 aromatic rings. The van der Waals surface area contributed by atoms with Gasteiger partial charge < -0.3 is 4.90 Å². The molecule has 5 rings (SSSR count). The highest BCUT2D eigenvalue weighted by Gasteiger charge is 2.36. The molecule has 3 aliphatic rings. The molecule has 0 radical (unpaired) electrons. The second kappa shape index (κ2) is 7.63. The Bertz CT molecular complexity index is 758. The standard InChI is InChI=1S/C23H28N2O/c1-2-19-8-6-7-11-21(19)16-24-14-18-12-13-22(24)17-25(15-18)23(26)20-9-4-3-5-10-20/h3-11,18,22H,2,12-17H2,1H3/t18-,22-/m1/s1. The summed E-state index contributed by atoms with van der Waals surface area (Å²) >= 11 is 0. The topological polar surface area (TPSA) is 23.6 Å². The molecule has 0 aromatic heterocycles. The van der Waals surface area contributed by atoms with Gasteiger partial charge in [0.2, 0.25) is 0 Å². The molecule has 3 fully saturated rings. The van der Waals surface area contributed by atoms with E-state index in [1.807, 2.05) is 30.3 Å². The first-order valence-corrected chi connectivity index (χ1v) is 9.89. The van der Waals surface area contributed by atoms with Gasteiger partial charge in [-0.25, -0.2) is 0 Å². The fraction of sp³-hybridized carbons (Fsp3) is 0.435. The molecular weight excluding hydrogens is 320 g/mol. The fourth-order valence-electron chi connectivity index (χ4n) is 4.58. The summed E-state index contributed by atoms with van der Waals surface area (Å²) in [7, 11) is 0. The minimum Gasteiger partial charge on any atom is -0.337 e. The number of amides is 1. The normalized spacial score (nSPS) is 23.0. The third kappa shape index (κ3) is 3.54. The molecule has 0 aliphatic carbocycles. The van der Waals surface area contributed by atoms with Crippen LogP contribution in [0.3, 0.4) is 0 Å². The Morgan fingerprint density at radius 1 is 0.923 bits per heavy atom. The van der Waals surface area contributed by atoms with Crippen molar-refractivity contribution in [3.8, 4) is 0 Å². The lowest BCUT2D eigenvalue weighted by atomic mass is 9.94. The van der Waals surface area contributed by atoms with Gasteiger partial charge >= 0.3 is 0 Å². The van der Waals surface area contributed by atoms with E-state index < -0.39 is 0 Å². The van der Waals surface area contributed by atoms with Gasteiger partial charge in [0.1, 0.15) is 0 Å². The summed E-state index contributed by atoms with van der Waals surface area (Å²) in [5.41, 5.74) is 3.71. The summed E-state index contributed by atoms with van der Waals surface area (Å²) < 4.78 is 0. The number of benzene rings is 2. The van der Waals surface area contributed by atoms with E-state index in [0.717, 1.165) is 38.2 Å². The van der Waals surface area contributed by atoms with Crippen LogP contribution in [0.15, 0.2) is 54.6 Å². The summed E-state index contributed by atoms with van der Waals surface area (Å²) in [5.74, 6) is 0.786. The van der Waals surface area contributed by atoms with Crippen molar-refractivity contribution in [2.45, 2.75) is 38.8 Å². The monoisotopic (exact) mass is 348 g/mol. The summed E-state index contributed by atoms with van der Waals surface area (Å²) in [6.45, 7) is 6.11. The maximum Gasteiger partial charge on any atom is 0.253 e. The van der Waals surface area contributed by atoms with Crippen molar-refractivity contribution in [3.63, 3.8) is 0 Å². The zero-order valence-electron chi connectivity index (χ0n) is 15.6. The first kappa shape index (κ1) is 17.3. The Kier molecular flexibility index (Phi) is 5.07. The van der Waals surface area contributed by atoms with Gasteiger partial charge in [-0.05, 0) is 48.4 Å². The zero-order chi connectivity index (χ0) is 17.9. The van der Waals surface area contributed by atoms with E-state index in [1.165, 1.54) is 24.0 Å². The Balaban J connectivity index is 1.51. The Morgan fingerprint density at radius 3 is 2.42 bits per heavy atom. The molecule has 3 nitrogen and oxygen atoms in total. The number of fused-ring (bicyclic) bond motifs is 4. The predicted octanol–water partition coefficient (Wildman–Crippen LogP) is 3.99. The summed E-state index contributed by atoms with van der Waals surface area (Å²) in [6.07, 6.45) is 3.53. The molecule has 0 spiro atoms. The summed E-state index contributed by atoms with van der Waals surface area (Å²) in [5, 5.41) is 0. The van der Waals surface area contributed by atoms with Crippen molar-refractivity contribution in [1.29, 1.82) is 0 Å². The number of aryl methyl sites for hydroxylation is 1. The summed E-state index contributed by atoms with van der Waals surface area (Å²) in [4.78, 5) is 17.7. The average molecular weight is 348 g/mol. The highest BCUT2D eigenvalue weighted by atomic mass is 16.2. The van der Waals surface area contributed by atoms with E-state index in [0.29, 0.717) is 12.0 Å². The predicted molar refractivity (Wildman–Crippen MR) is 105 cm³/mol. The van der Waals surface area contributed by atoms with Crippen LogP contribution in [0.2, 0.25) is 0 Å². The van der Waals surface area contributed by atoms with Crippen LogP contribution in [0.1, 0.15) is 41.3 Å². The molecule has 3 heteroatoms. The van der Waals surface area contributed by atoms with Gasteiger partial charge in [-0.3, -0.25) is 9.69 Å². The molecule has 136 valence electrons. The highest BCUT2D eigenvalue weighted by molar-refractivity contribution is 5.94. The minimum atomic E-state index is 0.193. The van der Waals surface area contributed by atoms with E-state index in [4.69, 9.17) is 0 Å². The van der Waals surface area contributed by atoms with Gasteiger partial charge in [-0.15, -0.1) is 0 Å². The van der Waals surface area contributed by atoms with E-state index in [-0.39, 0.29) is 5.91 Å². The Hall–Kier alpha value is -2.13. The first-order chi connectivity index (χ1) is 12.7. The van der Waals surface area contributed by atoms with Gasteiger partial charge in [-0.2, -0.15) is 0 Å². The van der Waals surface area contributed by atoms with Crippen molar-refractivity contribution in [3.05, 3.63) is 71.3 Å². The largest absolute Gasteiger partial charge is 0.337 e. The van der Waals surface area contributed by atoms with Crippen LogP contribution in [0.4, 0.5) is 0 Å². The minimum absolute atomic E-state index is 0.193. The number of piperidine rings is 1. The Morgan fingerprint density at radius 2 is 1.65 bits per heavy atom. The SMILES string of the molecule is CCc1ccccc1CN1C[C@H]2CC[C@@H]1CN(C(=O)c1ccccc1)C2. The maximum absolute atomic E-state index is 12.9. The van der Waals surface area contributed by atoms with Crippen LogP contribution < -0.4 is 0 Å². The van der Waals surface area contributed by atoms with Gasteiger partial charge in [0.15, 0.2) is 0 Å². The lowest BCUT2D eigenvalue weighted by Gasteiger charge is -2.36. The van der Waals surface area contributed by atoms with Gasteiger partial charge in [0, 0.05) is 37.8 Å². The number of rotatable bonds is 4. The zero-order valence-corrected chi connectivity index (χ0v) is 15.6. The molecule has 2 bridgehead atoms. The number of hydrogen-bond donors (Lipinski definition) is 0. The lowest BCUT2D eigenvalue weighted by molar-refractivity contribution is 0.0736. The molecular formula is C23H28N2O. The van der Waals surface area contributed by atoms with Crippen LogP contribution in [-0.4, -0.2) is 41.4 Å². The summed E-state index contributed by atoms with van der Waals surface area (Å²) in [6, 6.07) is 19.0. The molecule has 1 amide bonds. The van der Waals surface area contributed by atoms with Crippen molar-refractivity contribution >= 4 is 5.91 Å². The Labute approximate surface area is 156 Å². The molecule has 3 heterocycles. The van der Waals surface area contributed by atoms with Crippen LogP contribution in [-0.2, 0) is 13.0 Å². The van der Waals surface area contributed by atoms with Crippen LogP contribution in [0.25, 0.3) is 0 Å². The van der Waals surface area contributed by atoms with Crippen LogP contribution >= 0.6 is 0 Å². The van der Waals surface area contributed by atoms with E-state index >= 15 is 0 Å². The first-order valence-electron chi connectivity index (χ1n) is 9.89. The molecule has 0 unspecified atom stereocenters. The fourth-order valence-corrected chi connectivity index (χ4v) is 4.58. The second-order valence-corrected chi connectivity index (χ2v) is 7.73. The quantitative estimate of drug-likeness (QED) is 0.834. The van der Waals surface area contributed by atoms with Crippen LogP contribution in [0.5, 0.6) is 0 Å². The highest BCUT2D eigenvalue weighted by Crippen LogP contribution is 2.30. The second-order valence-electron chi connectivity index (χ2n) is 7.73. The van der Waals surface area contributed by atoms with E-state index in [2.05, 4.69) is 41.0 Å². The smallest absolute Gasteiger partial charge is 0.253 e. The number of carbonyl (C=O) groups is 1. The molecule has 2 atom stereocenters. The molecule has 3 aliphatic heterocycles. The number of hydrogen-bond acceptors (Lipinski definition) is 2.